The van der Waals surface area contributed by atoms with Gasteiger partial charge < -0.3 is 9.26 Å². The van der Waals surface area contributed by atoms with E-state index in [-0.39, 0.29) is 23.9 Å². The zero-order valence-electron chi connectivity index (χ0n) is 16.1. The molecule has 0 saturated carbocycles. The molecule has 0 amide bonds. The van der Waals surface area contributed by atoms with Gasteiger partial charge >= 0.3 is 5.97 Å². The van der Waals surface area contributed by atoms with Crippen molar-refractivity contribution in [3.63, 3.8) is 0 Å². The van der Waals surface area contributed by atoms with E-state index >= 15 is 0 Å². The lowest BCUT2D eigenvalue weighted by atomic mass is 10.2. The van der Waals surface area contributed by atoms with Crippen LogP contribution in [0.25, 0.3) is 11.4 Å². The van der Waals surface area contributed by atoms with Crippen molar-refractivity contribution in [2.24, 2.45) is 0 Å². The summed E-state index contributed by atoms with van der Waals surface area (Å²) in [5.41, 5.74) is 0.657. The Morgan fingerprint density at radius 1 is 1.16 bits per heavy atom. The molecule has 0 aliphatic carbocycles. The van der Waals surface area contributed by atoms with Gasteiger partial charge in [-0.1, -0.05) is 40.5 Å². The first kappa shape index (κ1) is 21.8. The van der Waals surface area contributed by atoms with Crippen LogP contribution in [0.4, 0.5) is 0 Å². The van der Waals surface area contributed by atoms with Crippen LogP contribution in [-0.4, -0.2) is 41.4 Å². The van der Waals surface area contributed by atoms with Gasteiger partial charge in [0.05, 0.1) is 4.90 Å². The summed E-state index contributed by atoms with van der Waals surface area (Å²) in [7, 11) is -3.86. The van der Waals surface area contributed by atoms with E-state index in [9.17, 15) is 13.2 Å². The van der Waals surface area contributed by atoms with Crippen LogP contribution >= 0.6 is 23.2 Å². The Morgan fingerprint density at radius 2 is 1.94 bits per heavy atom. The summed E-state index contributed by atoms with van der Waals surface area (Å²) < 4.78 is 37.4. The van der Waals surface area contributed by atoms with Crippen molar-refractivity contribution in [1.82, 2.24) is 14.4 Å². The number of nitrogens with zero attached hydrogens (tertiary/aromatic N) is 3. The molecule has 1 aromatic heterocycles. The fraction of sp³-hybridized carbons (Fsp3) is 0.250. The summed E-state index contributed by atoms with van der Waals surface area (Å²) in [5.74, 6) is -0.271. The highest BCUT2D eigenvalue weighted by atomic mass is 35.5. The van der Waals surface area contributed by atoms with Gasteiger partial charge in [-0.2, -0.15) is 9.29 Å². The van der Waals surface area contributed by atoms with Gasteiger partial charge in [-0.15, -0.1) is 0 Å². The number of aromatic nitrogens is 2. The summed E-state index contributed by atoms with van der Waals surface area (Å²) in [6.07, 6.45) is 0.912. The number of sulfonamides is 1. The Balaban J connectivity index is 1.43. The van der Waals surface area contributed by atoms with Gasteiger partial charge in [0.2, 0.25) is 15.8 Å². The van der Waals surface area contributed by atoms with Gasteiger partial charge in [0.25, 0.3) is 5.89 Å². The summed E-state index contributed by atoms with van der Waals surface area (Å²) in [6, 6.07) is 11.8. The van der Waals surface area contributed by atoms with Crippen molar-refractivity contribution >= 4 is 39.2 Å². The lowest BCUT2D eigenvalue weighted by molar-refractivity contribution is -0.149. The summed E-state index contributed by atoms with van der Waals surface area (Å²) in [6.45, 7) is -0.0398. The maximum absolute atomic E-state index is 12.9. The SMILES string of the molecule is O=C(OCc1nc(-c2cccc(Cl)c2)no1)[C@@H]1CCCN1S(=O)(=O)c1ccc(Cl)cc1. The van der Waals surface area contributed by atoms with Crippen molar-refractivity contribution in [3.8, 4) is 11.4 Å². The van der Waals surface area contributed by atoms with Crippen LogP contribution < -0.4 is 0 Å². The van der Waals surface area contributed by atoms with E-state index in [0.717, 1.165) is 4.31 Å². The molecule has 3 aromatic rings. The topological polar surface area (TPSA) is 103 Å². The van der Waals surface area contributed by atoms with Gasteiger partial charge in [0.1, 0.15) is 6.04 Å². The molecule has 0 unspecified atom stereocenters. The van der Waals surface area contributed by atoms with Crippen LogP contribution in [-0.2, 0) is 26.2 Å². The molecule has 0 bridgehead atoms. The molecule has 0 radical (unpaired) electrons. The Bertz CT molecular complexity index is 1200. The number of esters is 1. The number of rotatable bonds is 6. The second kappa shape index (κ2) is 8.96. The first-order valence-corrected chi connectivity index (χ1v) is 11.6. The third-order valence-corrected chi connectivity index (χ3v) is 7.19. The molecule has 2 heterocycles. The molecule has 4 rings (SSSR count). The number of carbonyl (C=O) groups excluding carboxylic acids is 1. The van der Waals surface area contributed by atoms with Gasteiger partial charge in [-0.25, -0.2) is 8.42 Å². The van der Waals surface area contributed by atoms with E-state index < -0.39 is 22.0 Å². The smallest absolute Gasteiger partial charge is 0.324 e. The Kier molecular flexibility index (Phi) is 6.29. The molecule has 11 heteroatoms. The highest BCUT2D eigenvalue weighted by Gasteiger charge is 2.40. The molecule has 0 spiro atoms. The van der Waals surface area contributed by atoms with Crippen molar-refractivity contribution in [1.29, 1.82) is 0 Å². The Morgan fingerprint density at radius 3 is 2.68 bits per heavy atom. The minimum absolute atomic E-state index is 0.0691. The van der Waals surface area contributed by atoms with Gasteiger partial charge in [0, 0.05) is 22.2 Å². The molecule has 1 saturated heterocycles. The van der Waals surface area contributed by atoms with Gasteiger partial charge in [-0.3, -0.25) is 4.79 Å². The standard InChI is InChI=1S/C20H17Cl2N3O5S/c21-14-6-8-16(9-7-14)31(27,28)25-10-2-5-17(25)20(26)29-12-18-23-19(24-30-18)13-3-1-4-15(22)11-13/h1,3-4,6-9,11,17H,2,5,10,12H2/t17-/m0/s1. The normalized spacial score (nSPS) is 17.0. The average molecular weight is 482 g/mol. The number of halogens is 2. The second-order valence-corrected chi connectivity index (χ2v) is 9.62. The average Bonchev–Trinajstić information content (AvgIpc) is 3.43. The van der Waals surface area contributed by atoms with Gasteiger partial charge in [-0.05, 0) is 49.2 Å². The van der Waals surface area contributed by atoms with Crippen LogP contribution in [0.3, 0.4) is 0 Å². The Hall–Kier alpha value is -2.46. The lowest BCUT2D eigenvalue weighted by Crippen LogP contribution is -2.41. The van der Waals surface area contributed by atoms with Crippen molar-refractivity contribution in [2.75, 3.05) is 6.54 Å². The fourth-order valence-corrected chi connectivity index (χ4v) is 5.26. The van der Waals surface area contributed by atoms with E-state index in [1.807, 2.05) is 0 Å². The number of hydrogen-bond donors (Lipinski definition) is 0. The highest BCUT2D eigenvalue weighted by molar-refractivity contribution is 7.89. The maximum atomic E-state index is 12.9. The minimum Gasteiger partial charge on any atom is -0.454 e. The zero-order valence-corrected chi connectivity index (χ0v) is 18.4. The molecule has 8 nitrogen and oxygen atoms in total. The third kappa shape index (κ3) is 4.74. The third-order valence-electron chi connectivity index (χ3n) is 4.78. The van der Waals surface area contributed by atoms with E-state index in [1.54, 1.807) is 24.3 Å². The van der Waals surface area contributed by atoms with Crippen molar-refractivity contribution in [3.05, 3.63) is 64.5 Å². The van der Waals surface area contributed by atoms with Crippen molar-refractivity contribution < 1.29 is 22.5 Å². The Labute approximate surface area is 188 Å². The van der Waals surface area contributed by atoms with E-state index in [0.29, 0.717) is 34.3 Å². The molecule has 1 atom stereocenters. The zero-order chi connectivity index (χ0) is 22.0. The van der Waals surface area contributed by atoms with E-state index in [2.05, 4.69) is 10.1 Å². The van der Waals surface area contributed by atoms with Crippen LogP contribution in [0.5, 0.6) is 0 Å². The first-order chi connectivity index (χ1) is 14.8. The van der Waals surface area contributed by atoms with E-state index in [4.69, 9.17) is 32.5 Å². The lowest BCUT2D eigenvalue weighted by Gasteiger charge is -2.22. The number of hydrogen-bond acceptors (Lipinski definition) is 7. The summed E-state index contributed by atoms with van der Waals surface area (Å²) in [5, 5.41) is 4.80. The van der Waals surface area contributed by atoms with Crippen LogP contribution in [0.15, 0.2) is 57.9 Å². The number of carbonyl (C=O) groups is 1. The van der Waals surface area contributed by atoms with Crippen LogP contribution in [0.2, 0.25) is 10.0 Å². The predicted molar refractivity (Wildman–Crippen MR) is 113 cm³/mol. The largest absolute Gasteiger partial charge is 0.454 e. The molecule has 162 valence electrons. The molecule has 2 aromatic carbocycles. The van der Waals surface area contributed by atoms with Crippen molar-refractivity contribution in [2.45, 2.75) is 30.4 Å². The molecule has 1 aliphatic rings. The maximum Gasteiger partial charge on any atom is 0.324 e. The molecular weight excluding hydrogens is 465 g/mol. The van der Waals surface area contributed by atoms with Crippen LogP contribution in [0, 0.1) is 0 Å². The molecular formula is C20H17Cl2N3O5S. The quantitative estimate of drug-likeness (QED) is 0.491. The minimum atomic E-state index is -3.86. The van der Waals surface area contributed by atoms with Gasteiger partial charge in [0.15, 0.2) is 6.61 Å². The predicted octanol–water partition coefficient (Wildman–Crippen LogP) is 3.94. The fourth-order valence-electron chi connectivity index (χ4n) is 3.29. The molecule has 31 heavy (non-hydrogen) atoms. The monoisotopic (exact) mass is 481 g/mol. The molecule has 1 fully saturated rings. The molecule has 1 aliphatic heterocycles. The molecule has 0 N–H and O–H groups in total. The number of benzene rings is 2. The van der Waals surface area contributed by atoms with Crippen LogP contribution in [0.1, 0.15) is 18.7 Å². The van der Waals surface area contributed by atoms with E-state index in [1.165, 1.54) is 24.3 Å². The first-order valence-electron chi connectivity index (χ1n) is 9.37. The summed E-state index contributed by atoms with van der Waals surface area (Å²) in [4.78, 5) is 16.9. The summed E-state index contributed by atoms with van der Waals surface area (Å²) >= 11 is 11.8. The second-order valence-electron chi connectivity index (χ2n) is 6.86. The highest BCUT2D eigenvalue weighted by Crippen LogP contribution is 2.28. The number of ether oxygens (including phenoxy) is 1.